The first-order valence-corrected chi connectivity index (χ1v) is 8.94. The van der Waals surface area contributed by atoms with Gasteiger partial charge < -0.3 is 10.1 Å². The van der Waals surface area contributed by atoms with Gasteiger partial charge in [-0.1, -0.05) is 34.8 Å². The van der Waals surface area contributed by atoms with Gasteiger partial charge >= 0.3 is 0 Å². The van der Waals surface area contributed by atoms with Gasteiger partial charge in [0.25, 0.3) is 0 Å². The molecule has 0 saturated heterocycles. The van der Waals surface area contributed by atoms with Crippen molar-refractivity contribution >= 4 is 58.2 Å². The summed E-state index contributed by atoms with van der Waals surface area (Å²) in [4.78, 5) is 11.9. The molecule has 0 aliphatic rings. The summed E-state index contributed by atoms with van der Waals surface area (Å²) < 4.78 is 5.07. The second kappa shape index (κ2) is 8.69. The number of ether oxygens (including phenoxy) is 1. The van der Waals surface area contributed by atoms with Crippen molar-refractivity contribution < 1.29 is 9.53 Å². The first-order valence-electron chi connectivity index (χ1n) is 6.65. The fraction of sp³-hybridized carbons (Fsp3) is 0.188. The van der Waals surface area contributed by atoms with Crippen molar-refractivity contribution in [1.29, 1.82) is 0 Å². The summed E-state index contributed by atoms with van der Waals surface area (Å²) in [5, 5.41) is 4.24. The van der Waals surface area contributed by atoms with Crippen LogP contribution in [0.25, 0.3) is 0 Å². The highest BCUT2D eigenvalue weighted by Gasteiger charge is 2.11. The van der Waals surface area contributed by atoms with Crippen LogP contribution in [0.15, 0.2) is 36.4 Å². The van der Waals surface area contributed by atoms with Crippen LogP contribution < -0.4 is 10.1 Å². The molecule has 23 heavy (non-hydrogen) atoms. The van der Waals surface area contributed by atoms with Crippen molar-refractivity contribution in [3.63, 3.8) is 0 Å². The molecule has 1 N–H and O–H groups in total. The van der Waals surface area contributed by atoms with E-state index in [0.29, 0.717) is 20.8 Å². The summed E-state index contributed by atoms with van der Waals surface area (Å²) in [6, 6.07) is 10.5. The minimum Gasteiger partial charge on any atom is -0.497 e. The molecule has 0 spiro atoms. The highest BCUT2D eigenvalue weighted by Crippen LogP contribution is 2.33. The van der Waals surface area contributed by atoms with Crippen LogP contribution in [-0.4, -0.2) is 18.8 Å². The van der Waals surface area contributed by atoms with E-state index in [4.69, 9.17) is 39.5 Å². The first-order chi connectivity index (χ1) is 11.0. The first kappa shape index (κ1) is 18.3. The van der Waals surface area contributed by atoms with Gasteiger partial charge in [0.15, 0.2) is 0 Å². The molecule has 0 bridgehead atoms. The zero-order valence-electron chi connectivity index (χ0n) is 12.2. The van der Waals surface area contributed by atoms with Gasteiger partial charge in [0.2, 0.25) is 5.91 Å². The molecule has 0 aliphatic carbocycles. The number of amides is 1. The molecule has 1 amide bonds. The second-order valence-electron chi connectivity index (χ2n) is 4.59. The summed E-state index contributed by atoms with van der Waals surface area (Å²) in [7, 11) is 1.59. The Bertz CT molecular complexity index is 692. The van der Waals surface area contributed by atoms with Gasteiger partial charge in [0.05, 0.1) is 22.9 Å². The molecule has 2 aromatic rings. The topological polar surface area (TPSA) is 38.3 Å². The molecule has 0 unspecified atom stereocenters. The number of nitrogens with one attached hydrogen (secondary N) is 1. The largest absolute Gasteiger partial charge is 0.497 e. The molecule has 0 fully saturated rings. The van der Waals surface area contributed by atoms with Gasteiger partial charge in [-0.15, -0.1) is 11.8 Å². The summed E-state index contributed by atoms with van der Waals surface area (Å²) in [5.74, 6) is 1.43. The molecule has 2 aromatic carbocycles. The Hall–Kier alpha value is -1.07. The molecule has 0 aliphatic heterocycles. The Morgan fingerprint density at radius 2 is 1.74 bits per heavy atom. The maximum Gasteiger partial charge on any atom is 0.234 e. The van der Waals surface area contributed by atoms with Gasteiger partial charge in [0, 0.05) is 22.0 Å². The SMILES string of the molecule is COc1ccc(NC(=O)CSCc2c(Cl)ccc(Cl)c2Cl)cc1. The number of hydrogen-bond acceptors (Lipinski definition) is 3. The number of rotatable bonds is 6. The third kappa shape index (κ3) is 5.21. The van der Waals surface area contributed by atoms with Gasteiger partial charge in [-0.05, 0) is 36.4 Å². The average molecular weight is 391 g/mol. The number of benzene rings is 2. The maximum absolute atomic E-state index is 11.9. The average Bonchev–Trinajstić information content (AvgIpc) is 2.55. The van der Waals surface area contributed by atoms with E-state index in [0.717, 1.165) is 17.0 Å². The molecule has 0 saturated carbocycles. The molecular formula is C16H14Cl3NO2S. The van der Waals surface area contributed by atoms with Crippen LogP contribution in [0.2, 0.25) is 15.1 Å². The van der Waals surface area contributed by atoms with Crippen molar-refractivity contribution in [1.82, 2.24) is 0 Å². The molecule has 0 radical (unpaired) electrons. The van der Waals surface area contributed by atoms with Crippen LogP contribution >= 0.6 is 46.6 Å². The predicted molar refractivity (Wildman–Crippen MR) is 99.3 cm³/mol. The van der Waals surface area contributed by atoms with Crippen LogP contribution in [0, 0.1) is 0 Å². The van der Waals surface area contributed by atoms with Crippen molar-refractivity contribution in [2.75, 3.05) is 18.2 Å². The number of hydrogen-bond donors (Lipinski definition) is 1. The normalized spacial score (nSPS) is 10.4. The minimum atomic E-state index is -0.102. The number of methoxy groups -OCH3 is 1. The van der Waals surface area contributed by atoms with Crippen LogP contribution in [0.1, 0.15) is 5.56 Å². The summed E-state index contributed by atoms with van der Waals surface area (Å²) in [6.45, 7) is 0. The summed E-state index contributed by atoms with van der Waals surface area (Å²) in [5.41, 5.74) is 1.46. The standard InChI is InChI=1S/C16H14Cl3NO2S/c1-22-11-4-2-10(3-5-11)20-15(21)9-23-8-12-13(17)6-7-14(18)16(12)19/h2-7H,8-9H2,1H3,(H,20,21). The maximum atomic E-state index is 11.9. The minimum absolute atomic E-state index is 0.102. The van der Waals surface area contributed by atoms with E-state index in [1.807, 2.05) is 0 Å². The van der Waals surface area contributed by atoms with E-state index in [1.165, 1.54) is 11.8 Å². The zero-order valence-corrected chi connectivity index (χ0v) is 15.3. The van der Waals surface area contributed by atoms with Crippen molar-refractivity contribution in [2.24, 2.45) is 0 Å². The molecule has 122 valence electrons. The third-order valence-electron chi connectivity index (χ3n) is 2.99. The Morgan fingerprint density at radius 3 is 2.39 bits per heavy atom. The van der Waals surface area contributed by atoms with Gasteiger partial charge in [-0.25, -0.2) is 0 Å². The number of anilines is 1. The van der Waals surface area contributed by atoms with Crippen LogP contribution in [-0.2, 0) is 10.5 Å². The lowest BCUT2D eigenvalue weighted by molar-refractivity contribution is -0.113. The Balaban J connectivity index is 1.86. The van der Waals surface area contributed by atoms with E-state index in [2.05, 4.69) is 5.32 Å². The Kier molecular flexibility index (Phi) is 6.90. The number of carbonyl (C=O) groups is 1. The smallest absolute Gasteiger partial charge is 0.234 e. The van der Waals surface area contributed by atoms with E-state index in [9.17, 15) is 4.79 Å². The van der Waals surface area contributed by atoms with Crippen molar-refractivity contribution in [2.45, 2.75) is 5.75 Å². The number of thioether (sulfide) groups is 1. The molecule has 0 heterocycles. The fourth-order valence-corrected chi connectivity index (χ4v) is 3.52. The van der Waals surface area contributed by atoms with Crippen LogP contribution in [0.4, 0.5) is 5.69 Å². The van der Waals surface area contributed by atoms with E-state index in [-0.39, 0.29) is 11.7 Å². The van der Waals surface area contributed by atoms with Crippen LogP contribution in [0.5, 0.6) is 5.75 Å². The molecule has 2 rings (SSSR count). The zero-order chi connectivity index (χ0) is 16.8. The molecular weight excluding hydrogens is 377 g/mol. The highest BCUT2D eigenvalue weighted by molar-refractivity contribution is 7.99. The van der Waals surface area contributed by atoms with Crippen molar-refractivity contribution in [3.05, 3.63) is 57.0 Å². The molecule has 0 atom stereocenters. The lowest BCUT2D eigenvalue weighted by atomic mass is 10.2. The summed E-state index contributed by atoms with van der Waals surface area (Å²) >= 11 is 19.6. The fourth-order valence-electron chi connectivity index (χ4n) is 1.82. The van der Waals surface area contributed by atoms with Gasteiger partial charge in [-0.2, -0.15) is 0 Å². The lowest BCUT2D eigenvalue weighted by Gasteiger charge is -2.09. The number of halogens is 3. The molecule has 3 nitrogen and oxygen atoms in total. The van der Waals surface area contributed by atoms with E-state index < -0.39 is 0 Å². The van der Waals surface area contributed by atoms with Gasteiger partial charge in [-0.3, -0.25) is 4.79 Å². The predicted octanol–water partition coefficient (Wildman–Crippen LogP) is 5.53. The lowest BCUT2D eigenvalue weighted by Crippen LogP contribution is -2.14. The molecule has 7 heteroatoms. The van der Waals surface area contributed by atoms with Crippen molar-refractivity contribution in [3.8, 4) is 5.75 Å². The molecule has 0 aromatic heterocycles. The van der Waals surface area contributed by atoms with Gasteiger partial charge in [0.1, 0.15) is 5.75 Å². The highest BCUT2D eigenvalue weighted by atomic mass is 35.5. The quantitative estimate of drug-likeness (QED) is 0.659. The second-order valence-corrected chi connectivity index (χ2v) is 6.77. The number of carbonyl (C=O) groups excluding carboxylic acids is 1. The Morgan fingerprint density at radius 1 is 1.09 bits per heavy atom. The summed E-state index contributed by atoms with van der Waals surface area (Å²) in [6.07, 6.45) is 0. The van der Waals surface area contributed by atoms with Crippen LogP contribution in [0.3, 0.4) is 0 Å². The van der Waals surface area contributed by atoms with E-state index >= 15 is 0 Å². The third-order valence-corrected chi connectivity index (χ3v) is 5.15. The Labute approximate surface area is 154 Å². The van der Waals surface area contributed by atoms with E-state index in [1.54, 1.807) is 43.5 Å². The monoisotopic (exact) mass is 389 g/mol.